The highest BCUT2D eigenvalue weighted by atomic mass is 32.2. The van der Waals surface area contributed by atoms with Gasteiger partial charge in [0.05, 0.1) is 24.2 Å². The van der Waals surface area contributed by atoms with E-state index >= 15 is 0 Å². The van der Waals surface area contributed by atoms with E-state index in [9.17, 15) is 23.1 Å². The molecule has 0 saturated carbocycles. The predicted octanol–water partition coefficient (Wildman–Crippen LogP) is 0.251. The van der Waals surface area contributed by atoms with Crippen molar-refractivity contribution in [1.29, 1.82) is 0 Å². The summed E-state index contributed by atoms with van der Waals surface area (Å²) in [6.45, 7) is 1.05. The normalized spacial score (nSPS) is 21.9. The number of phenolic OH excluding ortho intramolecular Hbond substituents is 1. The summed E-state index contributed by atoms with van der Waals surface area (Å²) < 4.78 is 32.8. The van der Waals surface area contributed by atoms with Crippen molar-refractivity contribution in [3.8, 4) is 11.5 Å². The Labute approximate surface area is 139 Å². The van der Waals surface area contributed by atoms with Gasteiger partial charge in [-0.15, -0.1) is 0 Å². The van der Waals surface area contributed by atoms with E-state index in [4.69, 9.17) is 9.47 Å². The molecule has 0 radical (unpaired) electrons. The van der Waals surface area contributed by atoms with Crippen LogP contribution in [0.1, 0.15) is 23.7 Å². The number of methoxy groups -OCH3 is 1. The second-order valence-corrected chi connectivity index (χ2v) is 8.07. The predicted molar refractivity (Wildman–Crippen MR) is 84.8 cm³/mol. The number of carbonyl (C=O) groups is 2. The molecule has 0 aliphatic carbocycles. The molecule has 2 N–H and O–H groups in total. The smallest absolute Gasteiger partial charge is 0.342 e. The van der Waals surface area contributed by atoms with E-state index in [0.29, 0.717) is 6.42 Å². The highest BCUT2D eigenvalue weighted by molar-refractivity contribution is 7.91. The van der Waals surface area contributed by atoms with Crippen LogP contribution in [0.15, 0.2) is 18.2 Å². The average Bonchev–Trinajstić information content (AvgIpc) is 2.78. The third-order valence-electron chi connectivity index (χ3n) is 3.72. The van der Waals surface area contributed by atoms with Crippen LogP contribution >= 0.6 is 0 Å². The van der Waals surface area contributed by atoms with E-state index in [1.54, 1.807) is 6.92 Å². The molecule has 1 fully saturated rings. The molecule has 1 aromatic carbocycles. The van der Waals surface area contributed by atoms with Gasteiger partial charge in [-0.3, -0.25) is 4.79 Å². The molecule has 1 amide bonds. The number of phenols is 1. The van der Waals surface area contributed by atoms with Crippen molar-refractivity contribution < 1.29 is 32.6 Å². The van der Waals surface area contributed by atoms with Crippen LogP contribution in [0.25, 0.3) is 0 Å². The Kier molecular flexibility index (Phi) is 5.02. The number of rotatable bonds is 5. The van der Waals surface area contributed by atoms with Gasteiger partial charge >= 0.3 is 5.97 Å². The summed E-state index contributed by atoms with van der Waals surface area (Å²) in [5.41, 5.74) is -0.989. The van der Waals surface area contributed by atoms with Gasteiger partial charge in [0, 0.05) is 0 Å². The lowest BCUT2D eigenvalue weighted by Crippen LogP contribution is -2.48. The Morgan fingerprint density at radius 3 is 2.67 bits per heavy atom. The number of benzene rings is 1. The Bertz CT molecular complexity index is 759. The Balaban J connectivity index is 1.94. The van der Waals surface area contributed by atoms with Crippen LogP contribution in [0.3, 0.4) is 0 Å². The Hall–Kier alpha value is -2.29. The van der Waals surface area contributed by atoms with Crippen LogP contribution in [-0.4, -0.2) is 56.2 Å². The van der Waals surface area contributed by atoms with Crippen LogP contribution in [-0.2, 0) is 19.4 Å². The number of sulfone groups is 1. The Morgan fingerprint density at radius 2 is 2.08 bits per heavy atom. The van der Waals surface area contributed by atoms with Gasteiger partial charge < -0.3 is 19.9 Å². The third-order valence-corrected chi connectivity index (χ3v) is 5.62. The standard InChI is InChI=1S/C15H19NO7S/c1-15(6-7-24(20,21)9-15)16-12(17)8-23-14(19)10-4-3-5-11(22-2)13(10)18/h3-5,18H,6-9H2,1-2H3,(H,16,17)/t15-/m0/s1. The van der Waals surface area contributed by atoms with Crippen molar-refractivity contribution in [2.45, 2.75) is 18.9 Å². The maximum absolute atomic E-state index is 11.9. The molecule has 24 heavy (non-hydrogen) atoms. The summed E-state index contributed by atoms with van der Waals surface area (Å²) in [5.74, 6) is -1.88. The van der Waals surface area contributed by atoms with Crippen LogP contribution in [0.2, 0.25) is 0 Å². The number of ether oxygens (including phenoxy) is 2. The lowest BCUT2D eigenvalue weighted by Gasteiger charge is -2.23. The lowest BCUT2D eigenvalue weighted by atomic mass is 10.0. The highest BCUT2D eigenvalue weighted by Crippen LogP contribution is 2.29. The van der Waals surface area contributed by atoms with Gasteiger partial charge in [-0.05, 0) is 25.5 Å². The second-order valence-electron chi connectivity index (χ2n) is 5.88. The van der Waals surface area contributed by atoms with Crippen molar-refractivity contribution in [2.75, 3.05) is 25.2 Å². The molecule has 8 nitrogen and oxygen atoms in total. The number of hydrogen-bond donors (Lipinski definition) is 2. The fraction of sp³-hybridized carbons (Fsp3) is 0.467. The minimum Gasteiger partial charge on any atom is -0.504 e. The van der Waals surface area contributed by atoms with E-state index in [0.717, 1.165) is 0 Å². The topological polar surface area (TPSA) is 119 Å². The summed E-state index contributed by atoms with van der Waals surface area (Å²) in [4.78, 5) is 23.8. The first-order chi connectivity index (χ1) is 11.2. The molecule has 0 spiro atoms. The monoisotopic (exact) mass is 357 g/mol. The van der Waals surface area contributed by atoms with E-state index in [1.807, 2.05) is 0 Å². The van der Waals surface area contributed by atoms with Crippen LogP contribution < -0.4 is 10.1 Å². The van der Waals surface area contributed by atoms with Gasteiger partial charge in [-0.2, -0.15) is 0 Å². The quantitative estimate of drug-likeness (QED) is 0.725. The molecule has 1 atom stereocenters. The average molecular weight is 357 g/mol. The maximum atomic E-state index is 11.9. The first-order valence-electron chi connectivity index (χ1n) is 7.20. The van der Waals surface area contributed by atoms with Crippen LogP contribution in [0, 0.1) is 0 Å². The van der Waals surface area contributed by atoms with Crippen molar-refractivity contribution in [3.05, 3.63) is 23.8 Å². The maximum Gasteiger partial charge on any atom is 0.342 e. The van der Waals surface area contributed by atoms with Crippen molar-refractivity contribution in [2.24, 2.45) is 0 Å². The number of aromatic hydroxyl groups is 1. The van der Waals surface area contributed by atoms with Gasteiger partial charge in [0.2, 0.25) is 0 Å². The van der Waals surface area contributed by atoms with E-state index < -0.39 is 33.9 Å². The lowest BCUT2D eigenvalue weighted by molar-refractivity contribution is -0.125. The number of esters is 1. The first-order valence-corrected chi connectivity index (χ1v) is 9.02. The minimum atomic E-state index is -3.16. The summed E-state index contributed by atoms with van der Waals surface area (Å²) in [7, 11) is -1.82. The largest absolute Gasteiger partial charge is 0.504 e. The molecule has 1 saturated heterocycles. The van der Waals surface area contributed by atoms with Crippen molar-refractivity contribution in [1.82, 2.24) is 5.32 Å². The molecule has 1 aliphatic heterocycles. The fourth-order valence-electron chi connectivity index (χ4n) is 2.54. The highest BCUT2D eigenvalue weighted by Gasteiger charge is 2.39. The Morgan fingerprint density at radius 1 is 1.38 bits per heavy atom. The SMILES string of the molecule is COc1cccc(C(=O)OCC(=O)N[C@@]2(C)CCS(=O)(=O)C2)c1O. The molecule has 0 unspecified atom stereocenters. The van der Waals surface area contributed by atoms with Gasteiger partial charge in [0.1, 0.15) is 5.56 Å². The minimum absolute atomic E-state index is 0.0151. The van der Waals surface area contributed by atoms with Crippen molar-refractivity contribution >= 4 is 21.7 Å². The van der Waals surface area contributed by atoms with Crippen LogP contribution in [0.4, 0.5) is 0 Å². The van der Waals surface area contributed by atoms with Gasteiger partial charge in [-0.25, -0.2) is 13.2 Å². The zero-order chi connectivity index (χ0) is 18.0. The number of para-hydroxylation sites is 1. The first kappa shape index (κ1) is 18.1. The molecule has 0 bridgehead atoms. The summed E-state index contributed by atoms with van der Waals surface area (Å²) in [6.07, 6.45) is 0.311. The molecule has 0 aromatic heterocycles. The zero-order valence-electron chi connectivity index (χ0n) is 13.4. The molecule has 9 heteroatoms. The molecule has 1 aromatic rings. The molecule has 1 heterocycles. The number of amides is 1. The molecule has 1 aliphatic rings. The molecular formula is C15H19NO7S. The van der Waals surface area contributed by atoms with Crippen molar-refractivity contribution in [3.63, 3.8) is 0 Å². The molecular weight excluding hydrogens is 338 g/mol. The zero-order valence-corrected chi connectivity index (χ0v) is 14.2. The number of nitrogens with one attached hydrogen (secondary N) is 1. The number of hydrogen-bond acceptors (Lipinski definition) is 7. The van der Waals surface area contributed by atoms with E-state index in [-0.39, 0.29) is 28.6 Å². The van der Waals surface area contributed by atoms with Gasteiger partial charge in [0.25, 0.3) is 5.91 Å². The summed E-state index contributed by atoms with van der Waals surface area (Å²) in [6, 6.07) is 4.31. The fourth-order valence-corrected chi connectivity index (χ4v) is 4.64. The van der Waals surface area contributed by atoms with E-state index in [1.165, 1.54) is 25.3 Å². The van der Waals surface area contributed by atoms with Gasteiger partial charge in [0.15, 0.2) is 27.9 Å². The second kappa shape index (κ2) is 6.68. The summed E-state index contributed by atoms with van der Waals surface area (Å²) in [5, 5.41) is 12.4. The number of carbonyl (C=O) groups excluding carboxylic acids is 2. The molecule has 132 valence electrons. The van der Waals surface area contributed by atoms with E-state index in [2.05, 4.69) is 5.32 Å². The summed E-state index contributed by atoms with van der Waals surface area (Å²) >= 11 is 0. The van der Waals surface area contributed by atoms with Crippen LogP contribution in [0.5, 0.6) is 11.5 Å². The molecule has 2 rings (SSSR count). The van der Waals surface area contributed by atoms with Gasteiger partial charge in [-0.1, -0.05) is 6.07 Å². The third kappa shape index (κ3) is 4.16.